The van der Waals surface area contributed by atoms with Crippen molar-refractivity contribution in [3.05, 3.63) is 53.8 Å². The summed E-state index contributed by atoms with van der Waals surface area (Å²) < 4.78 is 24.7. The summed E-state index contributed by atoms with van der Waals surface area (Å²) in [4.78, 5) is 0. The average Bonchev–Trinajstić information content (AvgIpc) is 2.55. The Morgan fingerprint density at radius 1 is 0.870 bits per heavy atom. The molecule has 0 unspecified atom stereocenters. The van der Waals surface area contributed by atoms with Crippen LogP contribution in [-0.4, -0.2) is 20.3 Å². The first kappa shape index (κ1) is 17.5. The van der Waals surface area contributed by atoms with Gasteiger partial charge in [-0.1, -0.05) is 30.7 Å². The molecule has 0 aliphatic heterocycles. The highest BCUT2D eigenvalue weighted by Gasteiger charge is 2.05. The number of aryl methyl sites for hydroxylation is 1. The van der Waals surface area contributed by atoms with Crippen molar-refractivity contribution in [1.82, 2.24) is 0 Å². The lowest BCUT2D eigenvalue weighted by Gasteiger charge is -2.08. The molecule has 0 fully saturated rings. The third-order valence-corrected chi connectivity index (χ3v) is 3.80. The largest absolute Gasteiger partial charge is 0.494 e. The zero-order chi connectivity index (χ0) is 16.5. The van der Waals surface area contributed by atoms with E-state index < -0.39 is 0 Å². The number of rotatable bonds is 9. The number of halogens is 1. The summed E-state index contributed by atoms with van der Waals surface area (Å²) in [6.45, 7) is 3.43. The van der Waals surface area contributed by atoms with Crippen molar-refractivity contribution in [2.75, 3.05) is 20.3 Å². The lowest BCUT2D eigenvalue weighted by Crippen LogP contribution is -1.98. The predicted molar refractivity (Wildman–Crippen MR) is 92.4 cm³/mol. The highest BCUT2D eigenvalue weighted by Crippen LogP contribution is 2.25. The molecule has 0 saturated heterocycles. The smallest absolute Gasteiger partial charge is 0.131 e. The van der Waals surface area contributed by atoms with Gasteiger partial charge in [-0.05, 0) is 55.5 Å². The molecule has 0 heterocycles. The molecule has 2 aromatic carbocycles. The zero-order valence-electron chi connectivity index (χ0n) is 14.0. The fourth-order valence-electron chi connectivity index (χ4n) is 2.48. The van der Waals surface area contributed by atoms with Crippen molar-refractivity contribution in [3.8, 4) is 16.9 Å². The van der Waals surface area contributed by atoms with Crippen LogP contribution in [0.1, 0.15) is 31.2 Å². The predicted octanol–water partition coefficient (Wildman–Crippen LogP) is 5.39. The Balaban J connectivity index is 1.80. The summed E-state index contributed by atoms with van der Waals surface area (Å²) in [7, 11) is 1.73. The Hall–Kier alpha value is -1.87. The lowest BCUT2D eigenvalue weighted by atomic mass is 10.0. The molecule has 0 N–H and O–H groups in total. The minimum atomic E-state index is -0.185. The summed E-state index contributed by atoms with van der Waals surface area (Å²) in [5.41, 5.74) is 2.42. The summed E-state index contributed by atoms with van der Waals surface area (Å²) in [5.74, 6) is 0.646. The molecule has 0 saturated carbocycles. The van der Waals surface area contributed by atoms with Crippen LogP contribution in [-0.2, 0) is 4.74 Å². The van der Waals surface area contributed by atoms with Gasteiger partial charge in [0.1, 0.15) is 11.6 Å². The van der Waals surface area contributed by atoms with Crippen LogP contribution in [0.3, 0.4) is 0 Å². The van der Waals surface area contributed by atoms with Crippen LogP contribution in [0.5, 0.6) is 5.75 Å². The topological polar surface area (TPSA) is 18.5 Å². The van der Waals surface area contributed by atoms with Gasteiger partial charge in [-0.3, -0.25) is 0 Å². The van der Waals surface area contributed by atoms with Crippen LogP contribution in [0.4, 0.5) is 4.39 Å². The molecule has 0 aliphatic carbocycles. The Bertz CT molecular complexity index is 593. The molecule has 2 nitrogen and oxygen atoms in total. The van der Waals surface area contributed by atoms with Crippen LogP contribution in [0.2, 0.25) is 0 Å². The van der Waals surface area contributed by atoms with Crippen LogP contribution < -0.4 is 4.74 Å². The van der Waals surface area contributed by atoms with E-state index >= 15 is 0 Å². The second-order valence-electron chi connectivity index (χ2n) is 5.76. The Labute approximate surface area is 138 Å². The van der Waals surface area contributed by atoms with E-state index in [9.17, 15) is 4.39 Å². The van der Waals surface area contributed by atoms with Gasteiger partial charge in [0, 0.05) is 19.3 Å². The Morgan fingerprint density at radius 2 is 1.57 bits per heavy atom. The molecule has 124 valence electrons. The molecule has 0 aliphatic rings. The summed E-state index contributed by atoms with van der Waals surface area (Å²) in [6, 6.07) is 12.9. The monoisotopic (exact) mass is 316 g/mol. The minimum absolute atomic E-state index is 0.185. The van der Waals surface area contributed by atoms with Crippen LogP contribution >= 0.6 is 0 Å². The van der Waals surface area contributed by atoms with Gasteiger partial charge >= 0.3 is 0 Å². The first-order chi connectivity index (χ1) is 11.2. The van der Waals surface area contributed by atoms with E-state index in [1.807, 2.05) is 43.3 Å². The van der Waals surface area contributed by atoms with E-state index in [-0.39, 0.29) is 5.82 Å². The lowest BCUT2D eigenvalue weighted by molar-refractivity contribution is 0.191. The van der Waals surface area contributed by atoms with Crippen molar-refractivity contribution in [3.63, 3.8) is 0 Å². The third-order valence-electron chi connectivity index (χ3n) is 3.80. The van der Waals surface area contributed by atoms with Crippen LogP contribution in [0.15, 0.2) is 42.5 Å². The molecule has 0 spiro atoms. The first-order valence-electron chi connectivity index (χ1n) is 8.19. The molecule has 2 rings (SSSR count). The summed E-state index contributed by atoms with van der Waals surface area (Å²) in [5, 5.41) is 0. The second-order valence-corrected chi connectivity index (χ2v) is 5.76. The summed E-state index contributed by atoms with van der Waals surface area (Å²) in [6.07, 6.45) is 4.46. The molecule has 3 heteroatoms. The number of unbranched alkanes of at least 4 members (excludes halogenated alkanes) is 3. The van der Waals surface area contributed by atoms with Gasteiger partial charge in [-0.25, -0.2) is 4.39 Å². The maximum atomic E-state index is 14.0. The summed E-state index contributed by atoms with van der Waals surface area (Å²) >= 11 is 0. The molecule has 2 aromatic rings. The molecule has 23 heavy (non-hydrogen) atoms. The zero-order valence-corrected chi connectivity index (χ0v) is 14.0. The Kier molecular flexibility index (Phi) is 7.08. The standard InChI is InChI=1S/C20H25FO2/c1-16-7-12-19(20(21)15-16)17-8-10-18(11-9-17)23-14-6-4-3-5-13-22-2/h7-12,15H,3-6,13-14H2,1-2H3. The normalized spacial score (nSPS) is 10.7. The molecular weight excluding hydrogens is 291 g/mol. The minimum Gasteiger partial charge on any atom is -0.494 e. The van der Waals surface area contributed by atoms with Gasteiger partial charge in [-0.15, -0.1) is 0 Å². The van der Waals surface area contributed by atoms with E-state index in [1.54, 1.807) is 13.2 Å². The fraction of sp³-hybridized carbons (Fsp3) is 0.400. The van der Waals surface area contributed by atoms with Gasteiger partial charge in [0.15, 0.2) is 0 Å². The quantitative estimate of drug-likeness (QED) is 0.578. The maximum absolute atomic E-state index is 14.0. The number of hydrogen-bond acceptors (Lipinski definition) is 2. The van der Waals surface area contributed by atoms with Crippen molar-refractivity contribution < 1.29 is 13.9 Å². The maximum Gasteiger partial charge on any atom is 0.131 e. The Morgan fingerprint density at radius 3 is 2.22 bits per heavy atom. The first-order valence-corrected chi connectivity index (χ1v) is 8.19. The van der Waals surface area contributed by atoms with Gasteiger partial charge in [0.2, 0.25) is 0 Å². The highest BCUT2D eigenvalue weighted by atomic mass is 19.1. The van der Waals surface area contributed by atoms with Crippen molar-refractivity contribution in [2.45, 2.75) is 32.6 Å². The SMILES string of the molecule is COCCCCCCOc1ccc(-c2ccc(C)cc2F)cc1. The molecule has 0 atom stereocenters. The molecule has 0 radical (unpaired) electrons. The molecule has 0 aromatic heterocycles. The van der Waals surface area contributed by atoms with Crippen molar-refractivity contribution >= 4 is 0 Å². The van der Waals surface area contributed by atoms with E-state index in [1.165, 1.54) is 6.42 Å². The molecule has 0 bridgehead atoms. The average molecular weight is 316 g/mol. The number of ether oxygens (including phenoxy) is 2. The third kappa shape index (κ3) is 5.68. The van der Waals surface area contributed by atoms with Gasteiger partial charge in [-0.2, -0.15) is 0 Å². The number of benzene rings is 2. The molecular formula is C20H25FO2. The number of methoxy groups -OCH3 is 1. The van der Waals surface area contributed by atoms with Crippen LogP contribution in [0, 0.1) is 12.7 Å². The highest BCUT2D eigenvalue weighted by molar-refractivity contribution is 5.65. The van der Waals surface area contributed by atoms with Gasteiger partial charge in [0.25, 0.3) is 0 Å². The second kappa shape index (κ2) is 9.31. The van der Waals surface area contributed by atoms with E-state index in [0.717, 1.165) is 42.7 Å². The fourth-order valence-corrected chi connectivity index (χ4v) is 2.48. The van der Waals surface area contributed by atoms with Crippen molar-refractivity contribution in [1.29, 1.82) is 0 Å². The van der Waals surface area contributed by atoms with Crippen LogP contribution in [0.25, 0.3) is 11.1 Å². The van der Waals surface area contributed by atoms with Gasteiger partial charge < -0.3 is 9.47 Å². The van der Waals surface area contributed by atoms with Crippen molar-refractivity contribution in [2.24, 2.45) is 0 Å². The van der Waals surface area contributed by atoms with Gasteiger partial charge in [0.05, 0.1) is 6.61 Å². The van der Waals surface area contributed by atoms with E-state index in [2.05, 4.69) is 0 Å². The van der Waals surface area contributed by atoms with E-state index in [4.69, 9.17) is 9.47 Å². The molecule has 0 amide bonds. The number of hydrogen-bond donors (Lipinski definition) is 0. The van der Waals surface area contributed by atoms with E-state index in [0.29, 0.717) is 12.2 Å².